The van der Waals surface area contributed by atoms with E-state index in [1.807, 2.05) is 44.2 Å². The summed E-state index contributed by atoms with van der Waals surface area (Å²) >= 11 is 0. The lowest BCUT2D eigenvalue weighted by atomic mass is 10.0. The largest absolute Gasteiger partial charge is 0.345 e. The molecule has 9 nitrogen and oxygen atoms in total. The molecule has 1 saturated heterocycles. The van der Waals surface area contributed by atoms with Gasteiger partial charge < -0.3 is 15.2 Å². The summed E-state index contributed by atoms with van der Waals surface area (Å²) in [4.78, 5) is 34.7. The van der Waals surface area contributed by atoms with E-state index < -0.39 is 16.1 Å². The Kier molecular flexibility index (Phi) is 6.99. The second-order valence-corrected chi connectivity index (χ2v) is 10.7. The highest BCUT2D eigenvalue weighted by atomic mass is 32.2. The van der Waals surface area contributed by atoms with E-state index in [1.54, 1.807) is 23.2 Å². The Morgan fingerprint density at radius 2 is 1.76 bits per heavy atom. The van der Waals surface area contributed by atoms with Crippen molar-refractivity contribution < 1.29 is 18.0 Å². The van der Waals surface area contributed by atoms with Crippen LogP contribution in [0.1, 0.15) is 31.9 Å². The van der Waals surface area contributed by atoms with Crippen LogP contribution in [0, 0.1) is 5.92 Å². The molecule has 0 saturated carbocycles. The molecule has 10 heteroatoms. The van der Waals surface area contributed by atoms with Gasteiger partial charge in [-0.2, -0.15) is 4.31 Å². The Balaban J connectivity index is 1.48. The monoisotopic (exact) mass is 483 g/mol. The lowest BCUT2D eigenvalue weighted by Gasteiger charge is -2.36. The number of hydrogen-bond donors (Lipinski definition) is 2. The van der Waals surface area contributed by atoms with Crippen molar-refractivity contribution in [3.05, 3.63) is 60.4 Å². The van der Waals surface area contributed by atoms with Crippen molar-refractivity contribution in [2.75, 3.05) is 26.2 Å². The highest BCUT2D eigenvalue weighted by Gasteiger charge is 2.34. The Labute approximate surface area is 199 Å². The zero-order chi connectivity index (χ0) is 24.3. The van der Waals surface area contributed by atoms with E-state index in [9.17, 15) is 18.0 Å². The number of H-pyrrole nitrogens is 1. The first-order valence-electron chi connectivity index (χ1n) is 11.3. The summed E-state index contributed by atoms with van der Waals surface area (Å²) in [6.07, 6.45) is 3.38. The summed E-state index contributed by atoms with van der Waals surface area (Å²) in [6, 6.07) is 11.7. The number of aromatic nitrogens is 2. The average Bonchev–Trinajstić information content (AvgIpc) is 3.27. The lowest BCUT2D eigenvalue weighted by molar-refractivity contribution is -0.137. The molecular weight excluding hydrogens is 454 g/mol. The smallest absolute Gasteiger partial charge is 0.249 e. The van der Waals surface area contributed by atoms with Gasteiger partial charge in [-0.25, -0.2) is 13.4 Å². The summed E-state index contributed by atoms with van der Waals surface area (Å²) < 4.78 is 27.9. The predicted molar refractivity (Wildman–Crippen MR) is 128 cm³/mol. The maximum Gasteiger partial charge on any atom is 0.249 e. The van der Waals surface area contributed by atoms with Gasteiger partial charge in [0, 0.05) is 50.4 Å². The van der Waals surface area contributed by atoms with Crippen molar-refractivity contribution >= 4 is 32.9 Å². The molecule has 4 rings (SSSR count). The van der Waals surface area contributed by atoms with Crippen LogP contribution in [-0.4, -0.2) is 65.6 Å². The van der Waals surface area contributed by atoms with Crippen molar-refractivity contribution in [3.63, 3.8) is 0 Å². The van der Waals surface area contributed by atoms with Crippen molar-refractivity contribution in [1.29, 1.82) is 0 Å². The van der Waals surface area contributed by atoms with E-state index in [4.69, 9.17) is 0 Å². The van der Waals surface area contributed by atoms with Crippen LogP contribution in [0.2, 0.25) is 0 Å². The van der Waals surface area contributed by atoms with Crippen LogP contribution < -0.4 is 5.32 Å². The van der Waals surface area contributed by atoms with E-state index >= 15 is 0 Å². The fourth-order valence-corrected chi connectivity index (χ4v) is 5.71. The third kappa shape index (κ3) is 4.97. The van der Waals surface area contributed by atoms with Gasteiger partial charge in [0.25, 0.3) is 0 Å². The van der Waals surface area contributed by atoms with E-state index in [1.165, 1.54) is 10.5 Å². The Hall–Kier alpha value is -3.24. The molecule has 3 heterocycles. The van der Waals surface area contributed by atoms with Gasteiger partial charge in [0.05, 0.1) is 0 Å². The number of rotatable bonds is 7. The third-order valence-electron chi connectivity index (χ3n) is 5.86. The second kappa shape index (κ2) is 9.94. The molecular formula is C24H29N5O4S. The molecule has 1 fully saturated rings. The molecule has 2 aromatic heterocycles. The van der Waals surface area contributed by atoms with Crippen LogP contribution in [0.3, 0.4) is 0 Å². The number of amides is 2. The molecule has 34 heavy (non-hydrogen) atoms. The fraction of sp³-hybridized carbons (Fsp3) is 0.375. The number of benzene rings is 1. The number of hydrogen-bond acceptors (Lipinski definition) is 5. The summed E-state index contributed by atoms with van der Waals surface area (Å²) in [5.74, 6) is -0.261. The molecule has 1 unspecified atom stereocenters. The SMILES string of the molecule is CC(C)CC(=O)NC(C(=O)N1CCN(S(=O)(=O)c2c[nH]c3ncccc23)CC1)c1ccccc1. The fourth-order valence-electron chi connectivity index (χ4n) is 4.14. The first-order chi connectivity index (χ1) is 16.3. The molecule has 2 amide bonds. The molecule has 1 aliphatic rings. The van der Waals surface area contributed by atoms with Crippen molar-refractivity contribution in [1.82, 2.24) is 24.5 Å². The van der Waals surface area contributed by atoms with Crippen molar-refractivity contribution in [2.45, 2.75) is 31.2 Å². The second-order valence-electron chi connectivity index (χ2n) is 8.79. The molecule has 0 spiro atoms. The summed E-state index contributed by atoms with van der Waals surface area (Å²) in [5, 5.41) is 3.41. The van der Waals surface area contributed by atoms with Crippen LogP contribution in [0.5, 0.6) is 0 Å². The van der Waals surface area contributed by atoms with Crippen LogP contribution in [0.4, 0.5) is 0 Å². The standard InChI is InChI=1S/C24H29N5O4S/c1-17(2)15-21(30)27-22(18-7-4-3-5-8-18)24(31)28-11-13-29(14-12-28)34(32,33)20-16-26-23-19(20)9-6-10-25-23/h3-10,16-17,22H,11-15H2,1-2H3,(H,25,26)(H,27,30). The minimum Gasteiger partial charge on any atom is -0.345 e. The molecule has 180 valence electrons. The molecule has 1 atom stereocenters. The molecule has 0 aliphatic carbocycles. The van der Waals surface area contributed by atoms with E-state index in [-0.39, 0.29) is 48.8 Å². The number of aromatic amines is 1. The number of nitrogens with zero attached hydrogens (tertiary/aromatic N) is 3. The van der Waals surface area contributed by atoms with Gasteiger partial charge in [-0.3, -0.25) is 9.59 Å². The number of carbonyl (C=O) groups excluding carboxylic acids is 2. The number of carbonyl (C=O) groups is 2. The Bertz CT molecular complexity index is 1260. The maximum absolute atomic E-state index is 13.4. The predicted octanol–water partition coefficient (Wildman–Crippen LogP) is 2.30. The van der Waals surface area contributed by atoms with Gasteiger partial charge in [-0.15, -0.1) is 0 Å². The van der Waals surface area contributed by atoms with Crippen LogP contribution in [0.25, 0.3) is 11.0 Å². The maximum atomic E-state index is 13.4. The van der Waals surface area contributed by atoms with Gasteiger partial charge in [0.15, 0.2) is 0 Å². The highest BCUT2D eigenvalue weighted by Crippen LogP contribution is 2.26. The Morgan fingerprint density at radius 1 is 1.06 bits per heavy atom. The highest BCUT2D eigenvalue weighted by molar-refractivity contribution is 7.89. The van der Waals surface area contributed by atoms with E-state index in [0.29, 0.717) is 23.0 Å². The third-order valence-corrected chi connectivity index (χ3v) is 7.80. The van der Waals surface area contributed by atoms with Crippen LogP contribution in [0.15, 0.2) is 59.8 Å². The summed E-state index contributed by atoms with van der Waals surface area (Å²) in [5.41, 5.74) is 1.21. The number of piperazine rings is 1. The number of pyridine rings is 1. The Morgan fingerprint density at radius 3 is 2.44 bits per heavy atom. The first-order valence-corrected chi connectivity index (χ1v) is 12.8. The van der Waals surface area contributed by atoms with Gasteiger partial charge >= 0.3 is 0 Å². The normalized spacial score (nSPS) is 16.0. The molecule has 2 N–H and O–H groups in total. The number of nitrogens with one attached hydrogen (secondary N) is 2. The zero-order valence-corrected chi connectivity index (χ0v) is 20.1. The van der Waals surface area contributed by atoms with E-state index in [0.717, 1.165) is 0 Å². The summed E-state index contributed by atoms with van der Waals surface area (Å²) in [6.45, 7) is 4.71. The van der Waals surface area contributed by atoms with E-state index in [2.05, 4.69) is 15.3 Å². The van der Waals surface area contributed by atoms with Gasteiger partial charge in [0.1, 0.15) is 16.6 Å². The van der Waals surface area contributed by atoms with Gasteiger partial charge in [0.2, 0.25) is 21.8 Å². The minimum atomic E-state index is -3.74. The van der Waals surface area contributed by atoms with Crippen LogP contribution >= 0.6 is 0 Å². The minimum absolute atomic E-state index is 0.167. The van der Waals surface area contributed by atoms with Gasteiger partial charge in [-0.1, -0.05) is 44.2 Å². The summed E-state index contributed by atoms with van der Waals surface area (Å²) in [7, 11) is -3.74. The zero-order valence-electron chi connectivity index (χ0n) is 19.3. The molecule has 0 radical (unpaired) electrons. The van der Waals surface area contributed by atoms with Crippen molar-refractivity contribution in [2.24, 2.45) is 5.92 Å². The quantitative estimate of drug-likeness (QED) is 0.535. The lowest BCUT2D eigenvalue weighted by Crippen LogP contribution is -2.53. The molecule has 3 aromatic rings. The number of sulfonamides is 1. The van der Waals surface area contributed by atoms with Crippen molar-refractivity contribution in [3.8, 4) is 0 Å². The van der Waals surface area contributed by atoms with Crippen LogP contribution in [-0.2, 0) is 19.6 Å². The average molecular weight is 484 g/mol. The first kappa shape index (κ1) is 23.9. The molecule has 1 aliphatic heterocycles. The topological polar surface area (TPSA) is 115 Å². The van der Waals surface area contributed by atoms with Gasteiger partial charge in [-0.05, 0) is 23.6 Å². The number of fused-ring (bicyclic) bond motifs is 1. The molecule has 1 aromatic carbocycles. The molecule has 0 bridgehead atoms.